The van der Waals surface area contributed by atoms with E-state index in [4.69, 9.17) is 4.74 Å². The molecular formula is C28H28F3N3O4. The van der Waals surface area contributed by atoms with Crippen molar-refractivity contribution in [2.24, 2.45) is 5.92 Å². The minimum absolute atomic E-state index is 0.00185. The van der Waals surface area contributed by atoms with E-state index in [2.05, 4.69) is 0 Å². The highest BCUT2D eigenvalue weighted by Gasteiger charge is 2.49. The summed E-state index contributed by atoms with van der Waals surface area (Å²) in [5.74, 6) is -4.66. The fourth-order valence-corrected chi connectivity index (χ4v) is 4.69. The predicted octanol–water partition coefficient (Wildman–Crippen LogP) is 5.03. The molecule has 0 fully saturated rings. The molecule has 0 spiro atoms. The number of anilines is 1. The number of hydrogen-bond donors (Lipinski definition) is 0. The SMILES string of the molecule is CCOC(=O)C1=C(C)N(c2cccc(C(F)(F)F)c2)C(=O)C(C(=O)N(CC)CC)C1c1ccc(C#N)cc1. The summed E-state index contributed by atoms with van der Waals surface area (Å²) in [5, 5.41) is 9.22. The molecule has 0 aliphatic carbocycles. The lowest BCUT2D eigenvalue weighted by Gasteiger charge is -2.40. The highest BCUT2D eigenvalue weighted by Crippen LogP contribution is 2.44. The zero-order valence-electron chi connectivity index (χ0n) is 21.5. The first-order valence-electron chi connectivity index (χ1n) is 12.2. The molecular weight excluding hydrogens is 499 g/mol. The number of alkyl halides is 3. The maximum absolute atomic E-state index is 14.1. The Morgan fingerprint density at radius 1 is 1.08 bits per heavy atom. The van der Waals surface area contributed by atoms with Gasteiger partial charge >= 0.3 is 12.1 Å². The summed E-state index contributed by atoms with van der Waals surface area (Å²) in [6, 6.07) is 12.3. The molecule has 2 amide bonds. The number of carbonyl (C=O) groups excluding carboxylic acids is 3. The van der Waals surface area contributed by atoms with Gasteiger partial charge in [0.25, 0.3) is 0 Å². The monoisotopic (exact) mass is 527 g/mol. The van der Waals surface area contributed by atoms with Crippen molar-refractivity contribution in [3.8, 4) is 6.07 Å². The smallest absolute Gasteiger partial charge is 0.416 e. The molecule has 0 bridgehead atoms. The van der Waals surface area contributed by atoms with Crippen LogP contribution in [0.25, 0.3) is 0 Å². The maximum atomic E-state index is 14.1. The Balaban J connectivity index is 2.35. The van der Waals surface area contributed by atoms with Crippen molar-refractivity contribution in [2.75, 3.05) is 24.6 Å². The molecule has 2 unspecified atom stereocenters. The standard InChI is InChI=1S/C28H28F3N3O4/c1-5-33(6-2)25(35)24-23(19-13-11-18(16-32)12-14-19)22(27(37)38-7-3)17(4)34(26(24)36)21-10-8-9-20(15-21)28(29,30)31/h8-15,23-24H,5-7H2,1-4H3. The quantitative estimate of drug-likeness (QED) is 0.372. The lowest BCUT2D eigenvalue weighted by molar-refractivity contribution is -0.143. The number of amides is 2. The van der Waals surface area contributed by atoms with Gasteiger partial charge in [0.15, 0.2) is 0 Å². The average Bonchev–Trinajstić information content (AvgIpc) is 2.89. The fraction of sp³-hybridized carbons (Fsp3) is 0.357. The predicted molar refractivity (Wildman–Crippen MR) is 134 cm³/mol. The molecule has 1 heterocycles. The highest BCUT2D eigenvalue weighted by molar-refractivity contribution is 6.14. The normalized spacial score (nSPS) is 17.7. The molecule has 200 valence electrons. The van der Waals surface area contributed by atoms with Gasteiger partial charge in [-0.1, -0.05) is 18.2 Å². The van der Waals surface area contributed by atoms with Gasteiger partial charge in [0.1, 0.15) is 5.92 Å². The number of benzene rings is 2. The van der Waals surface area contributed by atoms with Crippen LogP contribution in [0, 0.1) is 17.2 Å². The number of nitriles is 1. The van der Waals surface area contributed by atoms with Crippen LogP contribution in [0.4, 0.5) is 18.9 Å². The van der Waals surface area contributed by atoms with Crippen molar-refractivity contribution in [1.29, 1.82) is 5.26 Å². The molecule has 0 radical (unpaired) electrons. The van der Waals surface area contributed by atoms with Crippen LogP contribution in [0.5, 0.6) is 0 Å². The second-order valence-corrected chi connectivity index (χ2v) is 8.64. The zero-order chi connectivity index (χ0) is 28.2. The minimum atomic E-state index is -4.67. The number of allylic oxidation sites excluding steroid dienone is 1. The van der Waals surface area contributed by atoms with Crippen molar-refractivity contribution < 1.29 is 32.3 Å². The van der Waals surface area contributed by atoms with Gasteiger partial charge in [0.2, 0.25) is 11.8 Å². The van der Waals surface area contributed by atoms with Gasteiger partial charge in [0, 0.05) is 30.4 Å². The van der Waals surface area contributed by atoms with Gasteiger partial charge in [-0.15, -0.1) is 0 Å². The van der Waals surface area contributed by atoms with Crippen LogP contribution >= 0.6 is 0 Å². The Bertz CT molecular complexity index is 1290. The molecule has 1 aliphatic rings. The molecule has 0 saturated heterocycles. The number of halogens is 3. The highest BCUT2D eigenvalue weighted by atomic mass is 19.4. The zero-order valence-corrected chi connectivity index (χ0v) is 21.5. The Hall–Kier alpha value is -4.13. The number of carbonyl (C=O) groups is 3. The third-order valence-electron chi connectivity index (χ3n) is 6.52. The van der Waals surface area contributed by atoms with Gasteiger partial charge < -0.3 is 9.64 Å². The fourth-order valence-electron chi connectivity index (χ4n) is 4.69. The van der Waals surface area contributed by atoms with E-state index in [0.29, 0.717) is 11.1 Å². The van der Waals surface area contributed by atoms with E-state index in [9.17, 15) is 32.8 Å². The van der Waals surface area contributed by atoms with Gasteiger partial charge in [-0.25, -0.2) is 4.79 Å². The molecule has 2 aromatic carbocycles. The summed E-state index contributed by atoms with van der Waals surface area (Å²) >= 11 is 0. The van der Waals surface area contributed by atoms with E-state index in [1.54, 1.807) is 32.9 Å². The number of rotatable bonds is 7. The second kappa shape index (κ2) is 11.5. The molecule has 1 aliphatic heterocycles. The van der Waals surface area contributed by atoms with Gasteiger partial charge in [-0.05, 0) is 63.6 Å². The van der Waals surface area contributed by atoms with Crippen LogP contribution < -0.4 is 4.90 Å². The van der Waals surface area contributed by atoms with E-state index in [1.807, 2.05) is 6.07 Å². The number of nitrogens with zero attached hydrogens (tertiary/aromatic N) is 3. The van der Waals surface area contributed by atoms with Crippen molar-refractivity contribution in [3.05, 3.63) is 76.5 Å². The van der Waals surface area contributed by atoms with Crippen molar-refractivity contribution in [1.82, 2.24) is 4.90 Å². The van der Waals surface area contributed by atoms with E-state index in [0.717, 1.165) is 23.1 Å². The van der Waals surface area contributed by atoms with Gasteiger partial charge in [-0.3, -0.25) is 14.5 Å². The van der Waals surface area contributed by atoms with E-state index >= 15 is 0 Å². The first-order chi connectivity index (χ1) is 18.0. The van der Waals surface area contributed by atoms with Crippen molar-refractivity contribution in [3.63, 3.8) is 0 Å². The average molecular weight is 528 g/mol. The summed E-state index contributed by atoms with van der Waals surface area (Å²) in [6.07, 6.45) is -4.67. The molecule has 0 saturated carbocycles. The summed E-state index contributed by atoms with van der Waals surface area (Å²) in [4.78, 5) is 43.6. The topological polar surface area (TPSA) is 90.7 Å². The lowest BCUT2D eigenvalue weighted by atomic mass is 9.75. The largest absolute Gasteiger partial charge is 0.463 e. The second-order valence-electron chi connectivity index (χ2n) is 8.64. The van der Waals surface area contributed by atoms with Crippen molar-refractivity contribution in [2.45, 2.75) is 39.8 Å². The van der Waals surface area contributed by atoms with E-state index < -0.39 is 41.4 Å². The molecule has 2 atom stereocenters. The van der Waals surface area contributed by atoms with Crippen LogP contribution in [0.15, 0.2) is 59.8 Å². The molecule has 10 heteroatoms. The summed E-state index contributed by atoms with van der Waals surface area (Å²) in [6.45, 7) is 7.08. The molecule has 7 nitrogen and oxygen atoms in total. The Morgan fingerprint density at radius 3 is 2.24 bits per heavy atom. The third kappa shape index (κ3) is 5.42. The third-order valence-corrected chi connectivity index (χ3v) is 6.52. The van der Waals surface area contributed by atoms with Gasteiger partial charge in [-0.2, -0.15) is 18.4 Å². The van der Waals surface area contributed by atoms with Crippen LogP contribution in [0.2, 0.25) is 0 Å². The van der Waals surface area contributed by atoms with Crippen LogP contribution in [0.1, 0.15) is 50.3 Å². The van der Waals surface area contributed by atoms with Crippen molar-refractivity contribution >= 4 is 23.5 Å². The van der Waals surface area contributed by atoms with Crippen LogP contribution in [-0.4, -0.2) is 42.4 Å². The van der Waals surface area contributed by atoms with E-state index in [-0.39, 0.29) is 36.7 Å². The first-order valence-corrected chi connectivity index (χ1v) is 12.2. The minimum Gasteiger partial charge on any atom is -0.463 e. The van der Waals surface area contributed by atoms with Gasteiger partial charge in [0.05, 0.1) is 29.4 Å². The Labute approximate surface area is 219 Å². The molecule has 2 aromatic rings. The number of hydrogen-bond acceptors (Lipinski definition) is 5. The lowest BCUT2D eigenvalue weighted by Crippen LogP contribution is -2.52. The summed E-state index contributed by atoms with van der Waals surface area (Å²) < 4.78 is 45.8. The Morgan fingerprint density at radius 2 is 1.71 bits per heavy atom. The number of ether oxygens (including phenoxy) is 1. The number of esters is 1. The molecule has 38 heavy (non-hydrogen) atoms. The molecule has 0 N–H and O–H groups in total. The Kier molecular flexibility index (Phi) is 8.61. The van der Waals surface area contributed by atoms with Crippen LogP contribution in [0.3, 0.4) is 0 Å². The van der Waals surface area contributed by atoms with Crippen LogP contribution in [-0.2, 0) is 25.3 Å². The van der Waals surface area contributed by atoms with E-state index in [1.165, 1.54) is 30.0 Å². The maximum Gasteiger partial charge on any atom is 0.416 e. The summed E-state index contributed by atoms with van der Waals surface area (Å²) in [7, 11) is 0. The first kappa shape index (κ1) is 28.4. The molecule has 0 aromatic heterocycles. The summed E-state index contributed by atoms with van der Waals surface area (Å²) in [5.41, 5.74) is -0.292. The molecule has 3 rings (SSSR count).